The predicted molar refractivity (Wildman–Crippen MR) is 77.2 cm³/mol. The summed E-state index contributed by atoms with van der Waals surface area (Å²) in [5, 5.41) is 0. The molecule has 0 spiro atoms. The molecule has 1 heterocycles. The molecule has 0 aromatic rings. The van der Waals surface area contributed by atoms with E-state index in [4.69, 9.17) is 19.9 Å². The Morgan fingerprint density at radius 3 is 2.38 bits per heavy atom. The SMILES string of the molecule is CC[C@@H](OC(C)=O)[C@@H](OC(C)=O)[C@@H]1OC(C)=C[C@H](N)[C@H]1C. The summed E-state index contributed by atoms with van der Waals surface area (Å²) < 4.78 is 16.5. The summed E-state index contributed by atoms with van der Waals surface area (Å²) >= 11 is 0. The molecule has 6 heteroatoms. The maximum atomic E-state index is 11.4. The monoisotopic (exact) mass is 299 g/mol. The van der Waals surface area contributed by atoms with Crippen LogP contribution >= 0.6 is 0 Å². The van der Waals surface area contributed by atoms with Crippen molar-refractivity contribution in [2.75, 3.05) is 0 Å². The highest BCUT2D eigenvalue weighted by molar-refractivity contribution is 5.67. The molecule has 1 aliphatic heterocycles. The molecule has 2 N–H and O–H groups in total. The number of carbonyl (C=O) groups is 2. The second kappa shape index (κ2) is 7.45. The largest absolute Gasteiger partial charge is 0.491 e. The molecular formula is C15H25NO5. The minimum Gasteiger partial charge on any atom is -0.491 e. The van der Waals surface area contributed by atoms with Gasteiger partial charge in [-0.05, 0) is 19.4 Å². The summed E-state index contributed by atoms with van der Waals surface area (Å²) in [6.45, 7) is 8.24. The highest BCUT2D eigenvalue weighted by atomic mass is 16.6. The van der Waals surface area contributed by atoms with E-state index in [1.54, 1.807) is 6.92 Å². The van der Waals surface area contributed by atoms with E-state index in [0.29, 0.717) is 12.2 Å². The van der Waals surface area contributed by atoms with Crippen molar-refractivity contribution in [1.82, 2.24) is 0 Å². The van der Waals surface area contributed by atoms with Crippen LogP contribution in [0.15, 0.2) is 11.8 Å². The highest BCUT2D eigenvalue weighted by Crippen LogP contribution is 2.29. The van der Waals surface area contributed by atoms with Crippen molar-refractivity contribution in [3.05, 3.63) is 11.8 Å². The second-order valence-electron chi connectivity index (χ2n) is 5.43. The molecule has 0 bridgehead atoms. The standard InChI is InChI=1S/C15H25NO5/c1-6-13(20-10(4)17)15(21-11(5)18)14-9(3)12(16)7-8(2)19-14/h7,9,12-15H,6,16H2,1-5H3/t9-,12+,13-,14-,15-/m1/s1. The smallest absolute Gasteiger partial charge is 0.303 e. The lowest BCUT2D eigenvalue weighted by atomic mass is 9.87. The molecule has 6 nitrogen and oxygen atoms in total. The number of allylic oxidation sites excluding steroid dienone is 1. The lowest BCUT2D eigenvalue weighted by Gasteiger charge is -2.39. The molecule has 0 saturated heterocycles. The maximum absolute atomic E-state index is 11.4. The summed E-state index contributed by atoms with van der Waals surface area (Å²) in [7, 11) is 0. The van der Waals surface area contributed by atoms with Crippen LogP contribution in [0.3, 0.4) is 0 Å². The molecule has 0 unspecified atom stereocenters. The third-order valence-corrected chi connectivity index (χ3v) is 3.59. The molecular weight excluding hydrogens is 274 g/mol. The van der Waals surface area contributed by atoms with Crippen LogP contribution < -0.4 is 5.73 Å². The van der Waals surface area contributed by atoms with Gasteiger partial charge in [-0.25, -0.2) is 0 Å². The minimum absolute atomic E-state index is 0.0670. The van der Waals surface area contributed by atoms with Crippen molar-refractivity contribution < 1.29 is 23.8 Å². The number of rotatable bonds is 5. The quantitative estimate of drug-likeness (QED) is 0.774. The first-order chi connectivity index (χ1) is 9.76. The summed E-state index contributed by atoms with van der Waals surface area (Å²) in [5.74, 6) is -0.246. The van der Waals surface area contributed by atoms with E-state index in [1.807, 2.05) is 19.9 Å². The summed E-state index contributed by atoms with van der Waals surface area (Å²) in [4.78, 5) is 22.7. The van der Waals surface area contributed by atoms with Gasteiger partial charge in [0.2, 0.25) is 0 Å². The Kier molecular flexibility index (Phi) is 6.20. The van der Waals surface area contributed by atoms with E-state index >= 15 is 0 Å². The number of nitrogens with two attached hydrogens (primary N) is 1. The second-order valence-corrected chi connectivity index (χ2v) is 5.43. The van der Waals surface area contributed by atoms with Gasteiger partial charge in [-0.1, -0.05) is 13.8 Å². The van der Waals surface area contributed by atoms with E-state index in [2.05, 4.69) is 0 Å². The zero-order chi connectivity index (χ0) is 16.2. The van der Waals surface area contributed by atoms with Crippen molar-refractivity contribution in [2.45, 2.75) is 65.4 Å². The van der Waals surface area contributed by atoms with Crippen LogP contribution in [0.2, 0.25) is 0 Å². The number of ether oxygens (including phenoxy) is 3. The van der Waals surface area contributed by atoms with Crippen molar-refractivity contribution in [1.29, 1.82) is 0 Å². The third kappa shape index (κ3) is 4.74. The molecule has 21 heavy (non-hydrogen) atoms. The van der Waals surface area contributed by atoms with Crippen molar-refractivity contribution >= 4 is 11.9 Å². The fraction of sp³-hybridized carbons (Fsp3) is 0.733. The van der Waals surface area contributed by atoms with Crippen LogP contribution in [0.1, 0.15) is 41.0 Å². The zero-order valence-corrected chi connectivity index (χ0v) is 13.3. The number of hydrogen-bond donors (Lipinski definition) is 1. The van der Waals surface area contributed by atoms with Crippen LogP contribution in [0.25, 0.3) is 0 Å². The lowest BCUT2D eigenvalue weighted by molar-refractivity contribution is -0.181. The molecule has 0 saturated carbocycles. The van der Waals surface area contributed by atoms with Crippen molar-refractivity contribution in [2.24, 2.45) is 11.7 Å². The van der Waals surface area contributed by atoms with Crippen LogP contribution in [-0.4, -0.2) is 36.3 Å². The van der Waals surface area contributed by atoms with Crippen LogP contribution in [0, 0.1) is 5.92 Å². The Morgan fingerprint density at radius 1 is 1.33 bits per heavy atom. The van der Waals surface area contributed by atoms with Gasteiger partial charge in [0.05, 0.1) is 5.76 Å². The molecule has 120 valence electrons. The van der Waals surface area contributed by atoms with Gasteiger partial charge < -0.3 is 19.9 Å². The Labute approximate surface area is 125 Å². The van der Waals surface area contributed by atoms with Gasteiger partial charge in [0.15, 0.2) is 6.10 Å². The first-order valence-corrected chi connectivity index (χ1v) is 7.21. The van der Waals surface area contributed by atoms with E-state index in [1.165, 1.54) is 13.8 Å². The Hall–Kier alpha value is -1.56. The van der Waals surface area contributed by atoms with Gasteiger partial charge in [-0.15, -0.1) is 0 Å². The van der Waals surface area contributed by atoms with E-state index in [9.17, 15) is 9.59 Å². The van der Waals surface area contributed by atoms with Gasteiger partial charge >= 0.3 is 11.9 Å². The average Bonchev–Trinajstić information content (AvgIpc) is 2.37. The molecule has 0 amide bonds. The van der Waals surface area contributed by atoms with Gasteiger partial charge in [0.1, 0.15) is 12.2 Å². The Balaban J connectivity index is 3.02. The topological polar surface area (TPSA) is 87.8 Å². The summed E-state index contributed by atoms with van der Waals surface area (Å²) in [6.07, 6.45) is 0.664. The fourth-order valence-corrected chi connectivity index (χ4v) is 2.51. The fourth-order valence-electron chi connectivity index (χ4n) is 2.51. The van der Waals surface area contributed by atoms with Crippen molar-refractivity contribution in [3.63, 3.8) is 0 Å². The minimum atomic E-state index is -0.680. The molecule has 1 rings (SSSR count). The average molecular weight is 299 g/mol. The molecule has 1 aliphatic rings. The first kappa shape index (κ1) is 17.5. The van der Waals surface area contributed by atoms with Gasteiger partial charge in [0, 0.05) is 25.8 Å². The highest BCUT2D eigenvalue weighted by Gasteiger charge is 2.41. The number of esters is 2. The van der Waals surface area contributed by atoms with Crippen LogP contribution in [0.4, 0.5) is 0 Å². The summed E-state index contributed by atoms with van der Waals surface area (Å²) in [6, 6.07) is -0.198. The molecule has 0 aromatic carbocycles. The first-order valence-electron chi connectivity index (χ1n) is 7.21. The molecule has 0 aliphatic carbocycles. The maximum Gasteiger partial charge on any atom is 0.303 e. The van der Waals surface area contributed by atoms with Gasteiger partial charge in [0.25, 0.3) is 0 Å². The van der Waals surface area contributed by atoms with Crippen molar-refractivity contribution in [3.8, 4) is 0 Å². The normalized spacial score (nSPS) is 27.9. The number of carbonyl (C=O) groups excluding carboxylic acids is 2. The molecule has 5 atom stereocenters. The molecule has 0 fully saturated rings. The van der Waals surface area contributed by atoms with Crippen LogP contribution in [0.5, 0.6) is 0 Å². The number of hydrogen-bond acceptors (Lipinski definition) is 6. The van der Waals surface area contributed by atoms with E-state index in [-0.39, 0.29) is 12.0 Å². The van der Waals surface area contributed by atoms with Gasteiger partial charge in [-0.3, -0.25) is 9.59 Å². The van der Waals surface area contributed by atoms with E-state index < -0.39 is 30.3 Å². The summed E-state index contributed by atoms with van der Waals surface area (Å²) in [5.41, 5.74) is 6.07. The molecule has 0 radical (unpaired) electrons. The Bertz CT molecular complexity index is 420. The third-order valence-electron chi connectivity index (χ3n) is 3.59. The zero-order valence-electron chi connectivity index (χ0n) is 13.3. The van der Waals surface area contributed by atoms with Crippen LogP contribution in [-0.2, 0) is 23.8 Å². The molecule has 0 aromatic heterocycles. The van der Waals surface area contributed by atoms with Gasteiger partial charge in [-0.2, -0.15) is 0 Å². The van der Waals surface area contributed by atoms with E-state index in [0.717, 1.165) is 0 Å². The lowest BCUT2D eigenvalue weighted by Crippen LogP contribution is -2.52. The predicted octanol–water partition coefficient (Wildman–Crippen LogP) is 1.53. The Morgan fingerprint density at radius 2 is 1.90 bits per heavy atom.